The van der Waals surface area contributed by atoms with Crippen molar-refractivity contribution in [1.29, 1.82) is 0 Å². The summed E-state index contributed by atoms with van der Waals surface area (Å²) in [5.74, 6) is -0.540. The van der Waals surface area contributed by atoms with Crippen LogP contribution in [0.4, 0.5) is 5.82 Å². The van der Waals surface area contributed by atoms with Gasteiger partial charge < -0.3 is 4.74 Å². The minimum atomic E-state index is -3.89. The Labute approximate surface area is 141 Å². The number of nitrogens with zero attached hydrogens (tertiary/aromatic N) is 2. The Morgan fingerprint density at radius 2 is 2.05 bits per heavy atom. The topological polar surface area (TPSA) is 98.2 Å². The minimum absolute atomic E-state index is 0.0657. The van der Waals surface area contributed by atoms with Crippen LogP contribution in [0.25, 0.3) is 0 Å². The third-order valence-electron chi connectivity index (χ3n) is 2.19. The van der Waals surface area contributed by atoms with Crippen LogP contribution in [0.5, 0.6) is 0 Å². The summed E-state index contributed by atoms with van der Waals surface area (Å²) in [5, 5.41) is 0. The van der Waals surface area contributed by atoms with Crippen molar-refractivity contribution in [2.24, 2.45) is 0 Å². The van der Waals surface area contributed by atoms with E-state index in [1.165, 1.54) is 25.6 Å². The maximum atomic E-state index is 12.3. The number of nitrogens with one attached hydrogen (secondary N) is 1. The molecule has 0 spiro atoms. The number of ether oxygens (including phenoxy) is 1. The molecule has 7 nitrogen and oxygen atoms in total. The number of rotatable bonds is 4. The van der Waals surface area contributed by atoms with Crippen molar-refractivity contribution in [3.8, 4) is 0 Å². The summed E-state index contributed by atoms with van der Waals surface area (Å²) >= 11 is 7.19. The molecule has 0 aliphatic carbocycles. The van der Waals surface area contributed by atoms with Crippen molar-refractivity contribution >= 4 is 65.0 Å². The summed E-state index contributed by atoms with van der Waals surface area (Å²) in [6.45, 7) is 0. The lowest BCUT2D eigenvalue weighted by molar-refractivity contribution is 0.0606. The molecule has 0 saturated heterocycles. The molecule has 2 rings (SSSR count). The molecule has 112 valence electrons. The fourth-order valence-electron chi connectivity index (χ4n) is 1.29. The van der Waals surface area contributed by atoms with Gasteiger partial charge in [0.2, 0.25) is 0 Å². The minimum Gasteiger partial charge on any atom is -0.465 e. The van der Waals surface area contributed by atoms with E-state index in [0.29, 0.717) is 8.39 Å². The first-order valence-electron chi connectivity index (χ1n) is 5.21. The maximum absolute atomic E-state index is 12.3. The van der Waals surface area contributed by atoms with Crippen molar-refractivity contribution in [3.05, 3.63) is 31.7 Å². The van der Waals surface area contributed by atoms with Gasteiger partial charge in [-0.2, -0.15) is 0 Å². The Balaban J connectivity index is 2.33. The van der Waals surface area contributed by atoms with E-state index in [1.54, 1.807) is 0 Å². The normalized spacial score (nSPS) is 11.2. The first-order valence-corrected chi connectivity index (χ1v) is 9.10. The van der Waals surface area contributed by atoms with Crippen LogP contribution >= 0.6 is 43.2 Å². The number of hydrogen-bond donors (Lipinski definition) is 1. The summed E-state index contributed by atoms with van der Waals surface area (Å²) in [6.07, 6.45) is 2.63. The fraction of sp³-hybridized carbons (Fsp3) is 0.100. The van der Waals surface area contributed by atoms with E-state index in [2.05, 4.69) is 51.3 Å². The number of carbonyl (C=O) groups excluding carboxylic acids is 1. The van der Waals surface area contributed by atoms with Crippen LogP contribution in [-0.4, -0.2) is 31.5 Å². The third-order valence-corrected chi connectivity index (χ3v) is 6.19. The molecular weight excluding hydrogens is 450 g/mol. The van der Waals surface area contributed by atoms with Gasteiger partial charge in [-0.05, 0) is 37.9 Å². The quantitative estimate of drug-likeness (QED) is 0.710. The number of hydrogen-bond acceptors (Lipinski definition) is 7. The number of methoxy groups -OCH3 is 1. The first-order chi connectivity index (χ1) is 9.83. The molecule has 11 heteroatoms. The summed E-state index contributed by atoms with van der Waals surface area (Å²) < 4.78 is 32.1. The highest BCUT2D eigenvalue weighted by Crippen LogP contribution is 2.32. The van der Waals surface area contributed by atoms with E-state index in [4.69, 9.17) is 0 Å². The summed E-state index contributed by atoms with van der Waals surface area (Å²) in [6, 6.07) is 1.23. The Bertz CT molecular complexity index is 774. The standard InChI is InChI=1S/C10H7Br2N3O4S2/c1-19-10(16)5-2-6(9(12)20-5)21(17,18)15-8-4-13-7(11)3-14-8/h2-4H,1H3,(H,14,15). The number of esters is 1. The molecule has 2 aromatic rings. The lowest BCUT2D eigenvalue weighted by Crippen LogP contribution is -2.14. The number of anilines is 1. The molecule has 0 fully saturated rings. The average molecular weight is 457 g/mol. The predicted molar refractivity (Wildman–Crippen MR) is 83.9 cm³/mol. The van der Waals surface area contributed by atoms with Gasteiger partial charge in [-0.3, -0.25) is 4.72 Å². The van der Waals surface area contributed by atoms with Gasteiger partial charge in [0.15, 0.2) is 5.82 Å². The highest BCUT2D eigenvalue weighted by molar-refractivity contribution is 9.11. The van der Waals surface area contributed by atoms with Gasteiger partial charge in [-0.15, -0.1) is 11.3 Å². The van der Waals surface area contributed by atoms with Gasteiger partial charge in [0.05, 0.1) is 23.3 Å². The summed E-state index contributed by atoms with van der Waals surface area (Å²) in [4.78, 5) is 19.3. The Morgan fingerprint density at radius 3 is 2.62 bits per heavy atom. The molecule has 0 aliphatic heterocycles. The van der Waals surface area contributed by atoms with Crippen LogP contribution in [0.1, 0.15) is 9.67 Å². The van der Waals surface area contributed by atoms with Gasteiger partial charge >= 0.3 is 5.97 Å². The van der Waals surface area contributed by atoms with Crippen LogP contribution in [-0.2, 0) is 14.8 Å². The van der Waals surface area contributed by atoms with Crippen LogP contribution in [0.3, 0.4) is 0 Å². The van der Waals surface area contributed by atoms with E-state index in [-0.39, 0.29) is 15.6 Å². The van der Waals surface area contributed by atoms with E-state index < -0.39 is 16.0 Å². The smallest absolute Gasteiger partial charge is 0.348 e. The molecule has 0 bridgehead atoms. The van der Waals surface area contributed by atoms with Crippen LogP contribution in [0, 0.1) is 0 Å². The largest absolute Gasteiger partial charge is 0.465 e. The number of halogens is 2. The summed E-state index contributed by atoms with van der Waals surface area (Å²) in [5.41, 5.74) is 0. The number of thiophene rings is 1. The van der Waals surface area contributed by atoms with E-state index in [0.717, 1.165) is 11.3 Å². The van der Waals surface area contributed by atoms with E-state index >= 15 is 0 Å². The van der Waals surface area contributed by atoms with E-state index in [9.17, 15) is 13.2 Å². The first kappa shape index (κ1) is 16.3. The Kier molecular flexibility index (Phi) is 4.96. The molecular formula is C10H7Br2N3O4S2. The Morgan fingerprint density at radius 1 is 1.33 bits per heavy atom. The highest BCUT2D eigenvalue weighted by Gasteiger charge is 2.24. The second kappa shape index (κ2) is 6.38. The maximum Gasteiger partial charge on any atom is 0.348 e. The number of sulfonamides is 1. The zero-order valence-corrected chi connectivity index (χ0v) is 15.1. The van der Waals surface area contributed by atoms with Gasteiger partial charge in [0.25, 0.3) is 10.0 Å². The zero-order chi connectivity index (χ0) is 15.6. The van der Waals surface area contributed by atoms with Gasteiger partial charge in [-0.1, -0.05) is 0 Å². The second-order valence-corrected chi connectivity index (χ2v) is 8.40. The molecule has 0 atom stereocenters. The van der Waals surface area contributed by atoms with Crippen molar-refractivity contribution < 1.29 is 17.9 Å². The van der Waals surface area contributed by atoms with Crippen molar-refractivity contribution in [1.82, 2.24) is 9.97 Å². The van der Waals surface area contributed by atoms with Gasteiger partial charge in [0.1, 0.15) is 14.4 Å². The molecule has 0 aromatic carbocycles. The van der Waals surface area contributed by atoms with Gasteiger partial charge in [-0.25, -0.2) is 23.2 Å². The molecule has 2 aromatic heterocycles. The molecule has 0 amide bonds. The fourth-order valence-corrected chi connectivity index (χ4v) is 4.98. The third kappa shape index (κ3) is 3.78. The number of aromatic nitrogens is 2. The molecule has 21 heavy (non-hydrogen) atoms. The lowest BCUT2D eigenvalue weighted by Gasteiger charge is -2.05. The predicted octanol–water partition coefficient (Wildman–Crippen LogP) is 2.65. The molecule has 0 unspecified atom stereocenters. The highest BCUT2D eigenvalue weighted by atomic mass is 79.9. The van der Waals surface area contributed by atoms with Crippen LogP contribution in [0.15, 0.2) is 31.7 Å². The summed E-state index contributed by atoms with van der Waals surface area (Å²) in [7, 11) is -2.67. The monoisotopic (exact) mass is 455 g/mol. The molecule has 0 saturated carbocycles. The molecule has 2 heterocycles. The van der Waals surface area contributed by atoms with Crippen molar-refractivity contribution in [2.45, 2.75) is 4.90 Å². The molecule has 0 radical (unpaired) electrons. The molecule has 1 N–H and O–H groups in total. The average Bonchev–Trinajstić information content (AvgIpc) is 2.83. The zero-order valence-electron chi connectivity index (χ0n) is 10.3. The Hall–Kier alpha value is -1.04. The van der Waals surface area contributed by atoms with Crippen molar-refractivity contribution in [2.75, 3.05) is 11.8 Å². The second-order valence-electron chi connectivity index (χ2n) is 3.57. The van der Waals surface area contributed by atoms with Crippen LogP contribution < -0.4 is 4.72 Å². The van der Waals surface area contributed by atoms with Gasteiger partial charge in [0, 0.05) is 0 Å². The van der Waals surface area contributed by atoms with E-state index in [1.807, 2.05) is 0 Å². The number of carbonyl (C=O) groups is 1. The van der Waals surface area contributed by atoms with Crippen molar-refractivity contribution in [3.63, 3.8) is 0 Å². The SMILES string of the molecule is COC(=O)c1cc(S(=O)(=O)Nc2cnc(Br)cn2)c(Br)s1. The molecule has 0 aliphatic rings. The van der Waals surface area contributed by atoms with Crippen LogP contribution in [0.2, 0.25) is 0 Å². The lowest BCUT2D eigenvalue weighted by atomic mass is 10.5.